The molecule has 33 heavy (non-hydrogen) atoms. The number of sulfonamides is 1. The van der Waals surface area contributed by atoms with E-state index in [0.29, 0.717) is 28.8 Å². The largest absolute Gasteiger partial charge is 0.468 e. The van der Waals surface area contributed by atoms with Gasteiger partial charge in [-0.3, -0.25) is 4.79 Å². The Morgan fingerprint density at radius 3 is 2.61 bits per heavy atom. The second kappa shape index (κ2) is 7.96. The van der Waals surface area contributed by atoms with Crippen molar-refractivity contribution < 1.29 is 26.9 Å². The van der Waals surface area contributed by atoms with Crippen molar-refractivity contribution in [1.82, 2.24) is 14.9 Å². The molecular weight excluding hydrogens is 446 g/mol. The van der Waals surface area contributed by atoms with E-state index in [1.165, 1.54) is 19.2 Å². The first-order chi connectivity index (χ1) is 15.8. The zero-order valence-corrected chi connectivity index (χ0v) is 19.2. The van der Waals surface area contributed by atoms with Gasteiger partial charge in [0.05, 0.1) is 12.0 Å². The molecule has 1 aliphatic carbocycles. The number of benzene rings is 2. The highest BCUT2D eigenvalue weighted by Crippen LogP contribution is 2.40. The third-order valence-corrected chi connectivity index (χ3v) is 7.22. The number of hydrogen-bond acceptors (Lipinski definition) is 8. The Labute approximate surface area is 190 Å². The number of carbonyl (C=O) groups is 1. The van der Waals surface area contributed by atoms with Gasteiger partial charge >= 0.3 is 5.97 Å². The SMILES string of the molecule is COC(=O)[C@@H](NS(=O)(=O)c1ccc2c(c1)oc1ccc(-c3noc(C4CC4)n3)cc12)C(C)C. The summed E-state index contributed by atoms with van der Waals surface area (Å²) in [6.45, 7) is 3.48. The topological polar surface area (TPSA) is 125 Å². The van der Waals surface area contributed by atoms with Gasteiger partial charge in [0.1, 0.15) is 17.2 Å². The van der Waals surface area contributed by atoms with Crippen LogP contribution < -0.4 is 4.72 Å². The Hall–Kier alpha value is -3.24. The van der Waals surface area contributed by atoms with Crippen LogP contribution in [0.5, 0.6) is 0 Å². The fourth-order valence-corrected chi connectivity index (χ4v) is 5.08. The molecule has 0 amide bonds. The van der Waals surface area contributed by atoms with E-state index in [1.54, 1.807) is 26.0 Å². The first-order valence-corrected chi connectivity index (χ1v) is 12.2. The Kier molecular flexibility index (Phi) is 5.21. The maximum atomic E-state index is 12.9. The lowest BCUT2D eigenvalue weighted by atomic mass is 10.1. The number of methoxy groups -OCH3 is 1. The second-order valence-corrected chi connectivity index (χ2v) is 10.3. The third kappa shape index (κ3) is 4.00. The smallest absolute Gasteiger partial charge is 0.324 e. The van der Waals surface area contributed by atoms with Crippen molar-refractivity contribution in [3.05, 3.63) is 42.3 Å². The van der Waals surface area contributed by atoms with E-state index in [1.807, 2.05) is 12.1 Å². The number of fused-ring (bicyclic) bond motifs is 3. The molecule has 10 heteroatoms. The summed E-state index contributed by atoms with van der Waals surface area (Å²) in [5.74, 6) is 0.617. The predicted molar refractivity (Wildman–Crippen MR) is 120 cm³/mol. The van der Waals surface area contributed by atoms with Crippen LogP contribution in [0.15, 0.2) is 50.2 Å². The molecule has 5 rings (SSSR count). The number of ether oxygens (including phenoxy) is 1. The minimum Gasteiger partial charge on any atom is -0.468 e. The lowest BCUT2D eigenvalue weighted by Gasteiger charge is -2.19. The Bertz CT molecular complexity index is 1470. The number of hydrogen-bond donors (Lipinski definition) is 1. The van der Waals surface area contributed by atoms with Crippen molar-refractivity contribution in [2.45, 2.75) is 43.5 Å². The van der Waals surface area contributed by atoms with Crippen LogP contribution in [-0.4, -0.2) is 37.7 Å². The van der Waals surface area contributed by atoms with Crippen molar-refractivity contribution in [3.8, 4) is 11.4 Å². The van der Waals surface area contributed by atoms with E-state index < -0.39 is 22.0 Å². The zero-order chi connectivity index (χ0) is 23.3. The summed E-state index contributed by atoms with van der Waals surface area (Å²) in [5, 5.41) is 5.65. The zero-order valence-electron chi connectivity index (χ0n) is 18.4. The molecule has 2 aromatic heterocycles. The van der Waals surface area contributed by atoms with E-state index >= 15 is 0 Å². The van der Waals surface area contributed by atoms with Crippen molar-refractivity contribution >= 4 is 37.9 Å². The number of nitrogens with zero attached hydrogens (tertiary/aromatic N) is 2. The Morgan fingerprint density at radius 2 is 1.91 bits per heavy atom. The molecule has 1 aliphatic rings. The van der Waals surface area contributed by atoms with E-state index in [0.717, 1.165) is 29.2 Å². The fourth-order valence-electron chi connectivity index (χ4n) is 3.73. The summed E-state index contributed by atoms with van der Waals surface area (Å²) >= 11 is 0. The van der Waals surface area contributed by atoms with Crippen molar-refractivity contribution in [1.29, 1.82) is 0 Å². The first kappa shape index (κ1) is 21.6. The number of rotatable bonds is 7. The van der Waals surface area contributed by atoms with Gasteiger partial charge in [0, 0.05) is 28.3 Å². The van der Waals surface area contributed by atoms with E-state index in [9.17, 15) is 13.2 Å². The summed E-state index contributed by atoms with van der Waals surface area (Å²) in [6, 6.07) is 9.18. The van der Waals surface area contributed by atoms with Crippen LogP contribution >= 0.6 is 0 Å². The van der Waals surface area contributed by atoms with E-state index in [4.69, 9.17) is 13.7 Å². The monoisotopic (exact) mass is 469 g/mol. The van der Waals surface area contributed by atoms with Crippen LogP contribution in [-0.2, 0) is 19.6 Å². The van der Waals surface area contributed by atoms with Crippen molar-refractivity contribution in [3.63, 3.8) is 0 Å². The molecular formula is C23H23N3O6S. The summed E-state index contributed by atoms with van der Waals surface area (Å²) in [6.07, 6.45) is 2.15. The van der Waals surface area contributed by atoms with Gasteiger partial charge in [-0.25, -0.2) is 8.42 Å². The molecule has 1 fully saturated rings. The van der Waals surface area contributed by atoms with Gasteiger partial charge in [0.15, 0.2) is 0 Å². The summed E-state index contributed by atoms with van der Waals surface area (Å²) in [4.78, 5) is 16.5. The van der Waals surface area contributed by atoms with Crippen molar-refractivity contribution in [2.24, 2.45) is 5.92 Å². The normalized spacial score (nSPS) is 15.4. The van der Waals surface area contributed by atoms with Gasteiger partial charge in [-0.05, 0) is 49.1 Å². The van der Waals surface area contributed by atoms with Gasteiger partial charge in [0.2, 0.25) is 21.7 Å². The maximum Gasteiger partial charge on any atom is 0.324 e. The lowest BCUT2D eigenvalue weighted by molar-refractivity contribution is -0.143. The molecule has 2 aromatic carbocycles. The van der Waals surface area contributed by atoms with Gasteiger partial charge in [-0.2, -0.15) is 9.71 Å². The molecule has 0 unspecified atom stereocenters. The summed E-state index contributed by atoms with van der Waals surface area (Å²) in [5.41, 5.74) is 1.81. The Balaban J connectivity index is 1.50. The van der Waals surface area contributed by atoms with Crippen LogP contribution in [0.25, 0.3) is 33.3 Å². The number of carbonyl (C=O) groups excluding carboxylic acids is 1. The van der Waals surface area contributed by atoms with Crippen LogP contribution in [0.2, 0.25) is 0 Å². The number of esters is 1. The molecule has 2 heterocycles. The molecule has 1 atom stereocenters. The quantitative estimate of drug-likeness (QED) is 0.403. The third-order valence-electron chi connectivity index (χ3n) is 5.78. The Morgan fingerprint density at radius 1 is 1.12 bits per heavy atom. The van der Waals surface area contributed by atoms with Crippen molar-refractivity contribution in [2.75, 3.05) is 7.11 Å². The summed E-state index contributed by atoms with van der Waals surface area (Å²) in [7, 11) is -2.76. The molecule has 9 nitrogen and oxygen atoms in total. The highest BCUT2D eigenvalue weighted by molar-refractivity contribution is 7.89. The molecule has 0 bridgehead atoms. The van der Waals surface area contributed by atoms with Crippen LogP contribution in [0.3, 0.4) is 0 Å². The number of furan rings is 1. The van der Waals surface area contributed by atoms with Crippen LogP contribution in [0, 0.1) is 5.92 Å². The van der Waals surface area contributed by atoms with E-state index in [-0.39, 0.29) is 10.8 Å². The highest BCUT2D eigenvalue weighted by atomic mass is 32.2. The van der Waals surface area contributed by atoms with Gasteiger partial charge in [-0.15, -0.1) is 0 Å². The molecule has 1 saturated carbocycles. The predicted octanol–water partition coefficient (Wildman–Crippen LogP) is 3.99. The summed E-state index contributed by atoms with van der Waals surface area (Å²) < 4.78 is 44.3. The minimum absolute atomic E-state index is 0.00363. The highest BCUT2D eigenvalue weighted by Gasteiger charge is 2.31. The average molecular weight is 470 g/mol. The fraction of sp³-hybridized carbons (Fsp3) is 0.348. The molecule has 0 radical (unpaired) electrons. The first-order valence-electron chi connectivity index (χ1n) is 10.7. The maximum absolute atomic E-state index is 12.9. The molecule has 0 spiro atoms. The average Bonchev–Trinajstić information content (AvgIpc) is 3.41. The molecule has 1 N–H and O–H groups in total. The molecule has 0 saturated heterocycles. The minimum atomic E-state index is -3.98. The number of aromatic nitrogens is 2. The lowest BCUT2D eigenvalue weighted by Crippen LogP contribution is -2.44. The molecule has 0 aliphatic heterocycles. The van der Waals surface area contributed by atoms with Gasteiger partial charge in [-0.1, -0.05) is 19.0 Å². The second-order valence-electron chi connectivity index (χ2n) is 8.57. The van der Waals surface area contributed by atoms with Gasteiger partial charge in [0.25, 0.3) is 0 Å². The standard InChI is InChI=1S/C23H23N3O6S/c1-12(2)20(23(27)30-3)26-33(28,29)15-7-8-16-17-10-14(6-9-18(17)31-19(16)11-15)21-24-22(32-25-21)13-4-5-13/h6-13,20,26H,4-5H2,1-3H3/t20-/m0/s1. The van der Waals surface area contributed by atoms with Gasteiger partial charge < -0.3 is 13.7 Å². The number of nitrogens with one attached hydrogen (secondary N) is 1. The van der Waals surface area contributed by atoms with Crippen LogP contribution in [0.1, 0.15) is 38.5 Å². The van der Waals surface area contributed by atoms with E-state index in [2.05, 4.69) is 14.9 Å². The molecule has 4 aromatic rings. The van der Waals surface area contributed by atoms with Crippen LogP contribution in [0.4, 0.5) is 0 Å². The molecule has 172 valence electrons.